The van der Waals surface area contributed by atoms with Crippen molar-refractivity contribution in [2.75, 3.05) is 11.9 Å². The number of sulfonamides is 1. The lowest BCUT2D eigenvalue weighted by Gasteiger charge is -2.10. The first-order valence-electron chi connectivity index (χ1n) is 8.57. The molecule has 3 rings (SSSR count). The highest BCUT2D eigenvalue weighted by Crippen LogP contribution is 2.17. The molecule has 0 saturated heterocycles. The molecular weight excluding hydrogens is 362 g/mol. The highest BCUT2D eigenvalue weighted by molar-refractivity contribution is 7.89. The van der Waals surface area contributed by atoms with Gasteiger partial charge in [0.15, 0.2) is 0 Å². The van der Waals surface area contributed by atoms with Crippen LogP contribution in [-0.2, 0) is 14.8 Å². The van der Waals surface area contributed by atoms with Crippen LogP contribution in [0, 0.1) is 13.8 Å². The molecule has 140 valence electrons. The summed E-state index contributed by atoms with van der Waals surface area (Å²) in [5.41, 5.74) is 2.95. The van der Waals surface area contributed by atoms with E-state index in [1.54, 1.807) is 25.3 Å². The minimum Gasteiger partial charge on any atom is -0.325 e. The number of para-hydroxylation sites is 1. The Kier molecular flexibility index (Phi) is 5.53. The van der Waals surface area contributed by atoms with Gasteiger partial charge in [-0.05, 0) is 43.2 Å². The molecule has 0 fully saturated rings. The molecule has 0 atom stereocenters. The fourth-order valence-corrected chi connectivity index (χ4v) is 4.10. The molecule has 27 heavy (non-hydrogen) atoms. The second-order valence-electron chi connectivity index (χ2n) is 6.38. The van der Waals surface area contributed by atoms with Crippen LogP contribution in [0.25, 0.3) is 10.9 Å². The molecular formula is C20H21N3O3S. The number of amides is 1. The van der Waals surface area contributed by atoms with Gasteiger partial charge in [-0.3, -0.25) is 9.78 Å². The van der Waals surface area contributed by atoms with Gasteiger partial charge in [0.25, 0.3) is 0 Å². The number of fused-ring (bicyclic) bond motifs is 1. The number of pyridine rings is 1. The van der Waals surface area contributed by atoms with E-state index in [1.165, 1.54) is 0 Å². The van der Waals surface area contributed by atoms with E-state index in [0.717, 1.165) is 16.5 Å². The second-order valence-corrected chi connectivity index (χ2v) is 8.12. The number of rotatable bonds is 6. The summed E-state index contributed by atoms with van der Waals surface area (Å²) in [6.45, 7) is 3.60. The Labute approximate surface area is 158 Å². The number of hydrogen-bond donors (Lipinski definition) is 2. The molecule has 1 amide bonds. The normalized spacial score (nSPS) is 11.5. The number of carbonyl (C=O) groups excluding carboxylic acids is 1. The van der Waals surface area contributed by atoms with Crippen LogP contribution in [0.5, 0.6) is 0 Å². The highest BCUT2D eigenvalue weighted by Gasteiger charge is 2.17. The van der Waals surface area contributed by atoms with Crippen molar-refractivity contribution in [2.45, 2.75) is 25.2 Å². The van der Waals surface area contributed by atoms with Crippen LogP contribution >= 0.6 is 0 Å². The maximum Gasteiger partial charge on any atom is 0.240 e. The lowest BCUT2D eigenvalue weighted by atomic mass is 10.2. The molecule has 7 heteroatoms. The molecule has 0 saturated carbocycles. The van der Waals surface area contributed by atoms with Crippen molar-refractivity contribution in [1.29, 1.82) is 0 Å². The van der Waals surface area contributed by atoms with Gasteiger partial charge in [-0.25, -0.2) is 13.1 Å². The maximum atomic E-state index is 12.4. The first kappa shape index (κ1) is 19.0. The number of nitrogens with zero attached hydrogens (tertiary/aromatic N) is 1. The number of aromatic nitrogens is 1. The summed E-state index contributed by atoms with van der Waals surface area (Å²) in [7, 11) is -3.65. The van der Waals surface area contributed by atoms with Crippen molar-refractivity contribution >= 4 is 32.5 Å². The zero-order chi connectivity index (χ0) is 19.4. The third-order valence-electron chi connectivity index (χ3n) is 4.15. The number of hydrogen-bond acceptors (Lipinski definition) is 4. The Morgan fingerprint density at radius 2 is 1.85 bits per heavy atom. The largest absolute Gasteiger partial charge is 0.325 e. The van der Waals surface area contributed by atoms with Gasteiger partial charge in [-0.1, -0.05) is 30.3 Å². The summed E-state index contributed by atoms with van der Waals surface area (Å²) in [5, 5.41) is 3.67. The summed E-state index contributed by atoms with van der Waals surface area (Å²) in [6, 6.07) is 14.7. The second kappa shape index (κ2) is 7.85. The lowest BCUT2D eigenvalue weighted by Crippen LogP contribution is -2.28. The van der Waals surface area contributed by atoms with Crippen molar-refractivity contribution in [3.63, 3.8) is 0 Å². The SMILES string of the molecule is Cc1ccc(C)c(S(=O)(=O)NCCC(=O)Nc2cnc3ccccc3c2)c1. The zero-order valence-corrected chi connectivity index (χ0v) is 16.0. The number of aryl methyl sites for hydroxylation is 2. The van der Waals surface area contributed by atoms with Crippen LogP contribution in [0.15, 0.2) is 59.6 Å². The van der Waals surface area contributed by atoms with Crippen molar-refractivity contribution in [3.05, 3.63) is 65.9 Å². The van der Waals surface area contributed by atoms with Gasteiger partial charge >= 0.3 is 0 Å². The molecule has 3 aromatic rings. The number of anilines is 1. The van der Waals surface area contributed by atoms with Gasteiger partial charge in [0.1, 0.15) is 0 Å². The van der Waals surface area contributed by atoms with Crippen molar-refractivity contribution in [3.8, 4) is 0 Å². The third kappa shape index (κ3) is 4.69. The molecule has 0 aliphatic rings. The van der Waals surface area contributed by atoms with Crippen LogP contribution < -0.4 is 10.0 Å². The molecule has 0 radical (unpaired) electrons. The Hall–Kier alpha value is -2.77. The van der Waals surface area contributed by atoms with E-state index in [-0.39, 0.29) is 23.8 Å². The number of carbonyl (C=O) groups is 1. The highest BCUT2D eigenvalue weighted by atomic mass is 32.2. The van der Waals surface area contributed by atoms with E-state index < -0.39 is 10.0 Å². The quantitative estimate of drug-likeness (QED) is 0.684. The van der Waals surface area contributed by atoms with Crippen LogP contribution in [-0.4, -0.2) is 25.9 Å². The first-order valence-corrected chi connectivity index (χ1v) is 10.0. The molecule has 6 nitrogen and oxygen atoms in total. The minimum absolute atomic E-state index is 0.0164. The predicted molar refractivity (Wildman–Crippen MR) is 106 cm³/mol. The Bertz CT molecular complexity index is 1090. The molecule has 0 spiro atoms. The number of benzene rings is 2. The molecule has 2 aromatic carbocycles. The Morgan fingerprint density at radius 3 is 2.67 bits per heavy atom. The van der Waals surface area contributed by atoms with E-state index >= 15 is 0 Å². The van der Waals surface area contributed by atoms with Crippen LogP contribution in [0.3, 0.4) is 0 Å². The van der Waals surface area contributed by atoms with Gasteiger partial charge in [0, 0.05) is 18.4 Å². The van der Waals surface area contributed by atoms with Gasteiger partial charge < -0.3 is 5.32 Å². The average molecular weight is 383 g/mol. The summed E-state index contributed by atoms with van der Waals surface area (Å²) in [4.78, 5) is 16.6. The number of nitrogens with one attached hydrogen (secondary N) is 2. The molecule has 0 unspecified atom stereocenters. The van der Waals surface area contributed by atoms with Crippen molar-refractivity contribution < 1.29 is 13.2 Å². The van der Waals surface area contributed by atoms with Gasteiger partial charge in [0.2, 0.25) is 15.9 Å². The van der Waals surface area contributed by atoms with E-state index in [2.05, 4.69) is 15.0 Å². The summed E-state index contributed by atoms with van der Waals surface area (Å²) in [6.07, 6.45) is 1.61. The molecule has 0 aliphatic heterocycles. The first-order chi connectivity index (χ1) is 12.8. The maximum absolute atomic E-state index is 12.4. The lowest BCUT2D eigenvalue weighted by molar-refractivity contribution is -0.116. The zero-order valence-electron chi connectivity index (χ0n) is 15.2. The summed E-state index contributed by atoms with van der Waals surface area (Å²) < 4.78 is 27.4. The van der Waals surface area contributed by atoms with Crippen LogP contribution in [0.4, 0.5) is 5.69 Å². The van der Waals surface area contributed by atoms with Crippen LogP contribution in [0.1, 0.15) is 17.5 Å². The molecule has 0 bridgehead atoms. The fraction of sp³-hybridized carbons (Fsp3) is 0.200. The van der Waals surface area contributed by atoms with Crippen molar-refractivity contribution in [2.24, 2.45) is 0 Å². The topological polar surface area (TPSA) is 88.2 Å². The summed E-state index contributed by atoms with van der Waals surface area (Å²) >= 11 is 0. The van der Waals surface area contributed by atoms with Crippen molar-refractivity contribution in [1.82, 2.24) is 9.71 Å². The predicted octanol–water partition coefficient (Wildman–Crippen LogP) is 3.16. The minimum atomic E-state index is -3.65. The van der Waals surface area contributed by atoms with E-state index in [1.807, 2.05) is 43.3 Å². The summed E-state index contributed by atoms with van der Waals surface area (Å²) in [5.74, 6) is -0.282. The van der Waals surface area contributed by atoms with Gasteiger partial charge in [-0.15, -0.1) is 0 Å². The third-order valence-corrected chi connectivity index (χ3v) is 5.75. The van der Waals surface area contributed by atoms with Gasteiger partial charge in [0.05, 0.1) is 22.3 Å². The van der Waals surface area contributed by atoms with E-state index in [9.17, 15) is 13.2 Å². The smallest absolute Gasteiger partial charge is 0.240 e. The molecule has 2 N–H and O–H groups in total. The molecule has 0 aliphatic carbocycles. The monoisotopic (exact) mass is 383 g/mol. The standard InChI is InChI=1S/C20H21N3O3S/c1-14-7-8-15(2)19(11-14)27(25,26)22-10-9-20(24)23-17-12-16-5-3-4-6-18(16)21-13-17/h3-8,11-13,22H,9-10H2,1-2H3,(H,23,24). The van der Waals surface area contributed by atoms with Gasteiger partial charge in [-0.2, -0.15) is 0 Å². The Balaban J connectivity index is 1.59. The molecule has 1 aromatic heterocycles. The average Bonchev–Trinajstić information content (AvgIpc) is 2.63. The Morgan fingerprint density at radius 1 is 1.07 bits per heavy atom. The fourth-order valence-electron chi connectivity index (χ4n) is 2.74. The van der Waals surface area contributed by atoms with E-state index in [4.69, 9.17) is 0 Å². The van der Waals surface area contributed by atoms with Crippen LogP contribution in [0.2, 0.25) is 0 Å². The van der Waals surface area contributed by atoms with E-state index in [0.29, 0.717) is 11.3 Å². The molecule has 1 heterocycles.